The Morgan fingerprint density at radius 2 is 1.94 bits per heavy atom. The summed E-state index contributed by atoms with van der Waals surface area (Å²) in [6.45, 7) is 6.71. The summed E-state index contributed by atoms with van der Waals surface area (Å²) < 4.78 is 22.2. The second-order valence-corrected chi connectivity index (χ2v) is 8.25. The quantitative estimate of drug-likeness (QED) is 0.825. The molecule has 0 aromatic rings. The van der Waals surface area contributed by atoms with E-state index in [0.717, 1.165) is 12.3 Å². The first kappa shape index (κ1) is 15.0. The van der Waals surface area contributed by atoms with E-state index >= 15 is 0 Å². The first-order chi connectivity index (χ1) is 7.78. The minimum Gasteiger partial charge on any atom is -0.311 e. The highest BCUT2D eigenvalue weighted by Crippen LogP contribution is 2.28. The van der Waals surface area contributed by atoms with Gasteiger partial charge in [-0.1, -0.05) is 13.8 Å². The van der Waals surface area contributed by atoms with Gasteiger partial charge in [0.1, 0.15) is 9.84 Å². The molecule has 1 aliphatic rings. The second kappa shape index (κ2) is 6.19. The third kappa shape index (κ3) is 5.87. The first-order valence-corrected chi connectivity index (χ1v) is 8.77. The van der Waals surface area contributed by atoms with Gasteiger partial charge in [0, 0.05) is 18.3 Å². The molecule has 1 aliphatic carbocycles. The molecule has 3 nitrogen and oxygen atoms in total. The fourth-order valence-electron chi connectivity index (χ4n) is 2.75. The normalized spacial score (nSPS) is 32.4. The molecule has 1 fully saturated rings. The zero-order valence-electron chi connectivity index (χ0n) is 11.6. The van der Waals surface area contributed by atoms with Crippen LogP contribution in [-0.4, -0.2) is 32.5 Å². The van der Waals surface area contributed by atoms with Crippen molar-refractivity contribution in [1.29, 1.82) is 0 Å². The first-order valence-electron chi connectivity index (χ1n) is 6.71. The summed E-state index contributed by atoms with van der Waals surface area (Å²) in [5.74, 6) is 1.84. The zero-order valence-corrected chi connectivity index (χ0v) is 12.4. The SMILES string of the molecule is C[C@@H]1CC[C@H](N[C@H](C)CCS(C)(=O)=O)[C@H](C)C1. The Morgan fingerprint density at radius 3 is 2.47 bits per heavy atom. The minimum absolute atomic E-state index is 0.290. The Kier molecular flexibility index (Phi) is 5.45. The van der Waals surface area contributed by atoms with E-state index in [1.807, 2.05) is 0 Å². The summed E-state index contributed by atoms with van der Waals surface area (Å²) in [4.78, 5) is 0. The van der Waals surface area contributed by atoms with Gasteiger partial charge in [0.05, 0.1) is 5.75 Å². The van der Waals surface area contributed by atoms with E-state index < -0.39 is 9.84 Å². The van der Waals surface area contributed by atoms with Crippen LogP contribution in [0.1, 0.15) is 46.5 Å². The second-order valence-electron chi connectivity index (χ2n) is 5.99. The van der Waals surface area contributed by atoms with Crippen LogP contribution in [0.15, 0.2) is 0 Å². The Morgan fingerprint density at radius 1 is 1.29 bits per heavy atom. The van der Waals surface area contributed by atoms with Crippen LogP contribution < -0.4 is 5.32 Å². The molecule has 4 atom stereocenters. The van der Waals surface area contributed by atoms with Gasteiger partial charge < -0.3 is 5.32 Å². The summed E-state index contributed by atoms with van der Waals surface area (Å²) in [6, 6.07) is 0.867. The van der Waals surface area contributed by atoms with Crippen molar-refractivity contribution in [2.45, 2.75) is 58.5 Å². The summed E-state index contributed by atoms with van der Waals surface area (Å²) in [5, 5.41) is 3.60. The molecule has 4 heteroatoms. The summed E-state index contributed by atoms with van der Waals surface area (Å²) >= 11 is 0. The van der Waals surface area contributed by atoms with Gasteiger partial charge in [-0.2, -0.15) is 0 Å². The summed E-state index contributed by atoms with van der Waals surface area (Å²) in [5.41, 5.74) is 0. The molecular formula is C13H27NO2S. The van der Waals surface area contributed by atoms with Crippen LogP contribution in [-0.2, 0) is 9.84 Å². The van der Waals surface area contributed by atoms with Gasteiger partial charge >= 0.3 is 0 Å². The van der Waals surface area contributed by atoms with Crippen molar-refractivity contribution in [1.82, 2.24) is 5.32 Å². The van der Waals surface area contributed by atoms with E-state index in [9.17, 15) is 8.42 Å². The van der Waals surface area contributed by atoms with E-state index in [1.165, 1.54) is 25.5 Å². The smallest absolute Gasteiger partial charge is 0.147 e. The van der Waals surface area contributed by atoms with Gasteiger partial charge in [0.2, 0.25) is 0 Å². The van der Waals surface area contributed by atoms with E-state index in [0.29, 0.717) is 23.8 Å². The molecule has 0 saturated heterocycles. The standard InChI is InChI=1S/C13H27NO2S/c1-10-5-6-13(11(2)9-10)14-12(3)7-8-17(4,15)16/h10-14H,5-9H2,1-4H3/t10-,11-,12-,13+/m1/s1. The van der Waals surface area contributed by atoms with Gasteiger partial charge in [-0.15, -0.1) is 0 Å². The molecule has 0 aliphatic heterocycles. The molecule has 0 aromatic heterocycles. The lowest BCUT2D eigenvalue weighted by atomic mass is 9.79. The van der Waals surface area contributed by atoms with Crippen molar-refractivity contribution in [2.24, 2.45) is 11.8 Å². The molecule has 0 heterocycles. The molecule has 1 saturated carbocycles. The average molecular weight is 261 g/mol. The zero-order chi connectivity index (χ0) is 13.1. The number of nitrogens with one attached hydrogen (secondary N) is 1. The Hall–Kier alpha value is -0.0900. The Balaban J connectivity index is 2.33. The maximum atomic E-state index is 11.1. The molecule has 0 bridgehead atoms. The average Bonchev–Trinajstić information content (AvgIpc) is 2.18. The van der Waals surface area contributed by atoms with E-state index in [2.05, 4.69) is 26.1 Å². The van der Waals surface area contributed by atoms with Gasteiger partial charge in [0.25, 0.3) is 0 Å². The van der Waals surface area contributed by atoms with Crippen molar-refractivity contribution >= 4 is 9.84 Å². The molecule has 0 unspecified atom stereocenters. The topological polar surface area (TPSA) is 46.2 Å². The van der Waals surface area contributed by atoms with E-state index in [4.69, 9.17) is 0 Å². The fourth-order valence-corrected chi connectivity index (χ4v) is 3.53. The lowest BCUT2D eigenvalue weighted by molar-refractivity contribution is 0.215. The highest BCUT2D eigenvalue weighted by Gasteiger charge is 2.26. The predicted molar refractivity (Wildman–Crippen MR) is 72.9 cm³/mol. The van der Waals surface area contributed by atoms with Gasteiger partial charge in [0.15, 0.2) is 0 Å². The van der Waals surface area contributed by atoms with Gasteiger partial charge in [-0.05, 0) is 44.4 Å². The fraction of sp³-hybridized carbons (Fsp3) is 1.00. The molecule has 17 heavy (non-hydrogen) atoms. The maximum Gasteiger partial charge on any atom is 0.147 e. The summed E-state index contributed by atoms with van der Waals surface area (Å²) in [7, 11) is -2.82. The monoisotopic (exact) mass is 261 g/mol. The van der Waals surface area contributed by atoms with E-state index in [1.54, 1.807) is 0 Å². The lowest BCUT2D eigenvalue weighted by Gasteiger charge is -2.35. The number of sulfone groups is 1. The number of hydrogen-bond donors (Lipinski definition) is 1. The maximum absolute atomic E-state index is 11.1. The van der Waals surface area contributed by atoms with Crippen molar-refractivity contribution in [3.63, 3.8) is 0 Å². The van der Waals surface area contributed by atoms with Crippen LogP contribution in [0.25, 0.3) is 0 Å². The molecule has 0 spiro atoms. The molecule has 1 N–H and O–H groups in total. The minimum atomic E-state index is -2.82. The van der Waals surface area contributed by atoms with Gasteiger partial charge in [-0.25, -0.2) is 8.42 Å². The van der Waals surface area contributed by atoms with Crippen molar-refractivity contribution in [3.8, 4) is 0 Å². The lowest BCUT2D eigenvalue weighted by Crippen LogP contribution is -2.44. The third-order valence-electron chi connectivity index (χ3n) is 3.85. The van der Waals surface area contributed by atoms with Crippen LogP contribution in [0, 0.1) is 11.8 Å². The largest absolute Gasteiger partial charge is 0.311 e. The van der Waals surface area contributed by atoms with Crippen LogP contribution in [0.3, 0.4) is 0 Å². The molecule has 0 amide bonds. The summed E-state index contributed by atoms with van der Waals surface area (Å²) in [6.07, 6.45) is 5.84. The van der Waals surface area contributed by atoms with Crippen LogP contribution >= 0.6 is 0 Å². The number of hydrogen-bond acceptors (Lipinski definition) is 3. The van der Waals surface area contributed by atoms with Crippen LogP contribution in [0.2, 0.25) is 0 Å². The molecule has 0 radical (unpaired) electrons. The molecule has 1 rings (SSSR count). The third-order valence-corrected chi connectivity index (χ3v) is 4.83. The molecule has 0 aromatic carbocycles. The van der Waals surface area contributed by atoms with Gasteiger partial charge in [-0.3, -0.25) is 0 Å². The Bertz CT molecular complexity index is 326. The van der Waals surface area contributed by atoms with E-state index in [-0.39, 0.29) is 0 Å². The van der Waals surface area contributed by atoms with Crippen molar-refractivity contribution in [3.05, 3.63) is 0 Å². The van der Waals surface area contributed by atoms with Crippen molar-refractivity contribution < 1.29 is 8.42 Å². The predicted octanol–water partition coefficient (Wildman–Crippen LogP) is 2.22. The molecule has 102 valence electrons. The highest BCUT2D eigenvalue weighted by molar-refractivity contribution is 7.90. The van der Waals surface area contributed by atoms with Crippen LogP contribution in [0.5, 0.6) is 0 Å². The Labute approximate surface area is 106 Å². The highest BCUT2D eigenvalue weighted by atomic mass is 32.2. The molecular weight excluding hydrogens is 234 g/mol. The van der Waals surface area contributed by atoms with Crippen LogP contribution in [0.4, 0.5) is 0 Å². The number of rotatable bonds is 5. The van der Waals surface area contributed by atoms with Crippen molar-refractivity contribution in [2.75, 3.05) is 12.0 Å².